The molecule has 0 bridgehead atoms. The largest absolute Gasteiger partial charge is 0.355 e. The average molecular weight is 319 g/mol. The maximum Gasteiger partial charge on any atom is 0.193 e. The topological polar surface area (TPSA) is 27.6 Å². The second kappa shape index (κ2) is 6.31. The molecule has 0 spiro atoms. The minimum atomic E-state index is 0.310. The number of guanidine groups is 1. The van der Waals surface area contributed by atoms with Gasteiger partial charge >= 0.3 is 0 Å². The number of nitrogens with one attached hydrogen (secondary N) is 1. The summed E-state index contributed by atoms with van der Waals surface area (Å²) in [4.78, 5) is 6.92. The summed E-state index contributed by atoms with van der Waals surface area (Å²) in [5, 5.41) is 3.65. The number of benzene rings is 2. The Bertz CT molecular complexity index is 732. The average Bonchev–Trinajstić information content (AvgIpc) is 3.44. The molecule has 0 saturated heterocycles. The van der Waals surface area contributed by atoms with Crippen molar-refractivity contribution in [3.8, 4) is 0 Å². The molecule has 1 aliphatic carbocycles. The van der Waals surface area contributed by atoms with E-state index in [1.165, 1.54) is 29.5 Å². The van der Waals surface area contributed by atoms with Gasteiger partial charge < -0.3 is 10.2 Å². The van der Waals surface area contributed by atoms with Crippen LogP contribution in [0.3, 0.4) is 0 Å². The van der Waals surface area contributed by atoms with Crippen LogP contribution >= 0.6 is 0 Å². The van der Waals surface area contributed by atoms with Crippen LogP contribution in [-0.2, 0) is 18.4 Å². The molecule has 0 radical (unpaired) electrons. The second-order valence-electron chi connectivity index (χ2n) is 6.99. The molecule has 0 unspecified atom stereocenters. The van der Waals surface area contributed by atoms with Gasteiger partial charge in [-0.15, -0.1) is 0 Å². The Morgan fingerprint density at radius 1 is 1.04 bits per heavy atom. The standard InChI is InChI=1S/C21H25N3/c1-22-20(24-14-11-17-7-5-6-8-18(17)15-24)23-16-21(12-13-21)19-9-3-2-4-10-19/h2-10H,11-16H2,1H3,(H,22,23). The Labute approximate surface area is 144 Å². The number of fused-ring (bicyclic) bond motifs is 1. The maximum atomic E-state index is 4.54. The lowest BCUT2D eigenvalue weighted by molar-refractivity contribution is 0.376. The van der Waals surface area contributed by atoms with E-state index >= 15 is 0 Å². The molecule has 0 aromatic heterocycles. The smallest absolute Gasteiger partial charge is 0.193 e. The van der Waals surface area contributed by atoms with Crippen LogP contribution in [-0.4, -0.2) is 31.0 Å². The van der Waals surface area contributed by atoms with E-state index in [1.807, 2.05) is 7.05 Å². The molecule has 0 atom stereocenters. The van der Waals surface area contributed by atoms with Gasteiger partial charge in [0.2, 0.25) is 0 Å². The van der Waals surface area contributed by atoms with Gasteiger partial charge in [0, 0.05) is 32.1 Å². The molecule has 3 heteroatoms. The minimum Gasteiger partial charge on any atom is -0.355 e. The summed E-state index contributed by atoms with van der Waals surface area (Å²) in [6, 6.07) is 19.7. The highest BCUT2D eigenvalue weighted by molar-refractivity contribution is 5.80. The Morgan fingerprint density at radius 3 is 2.46 bits per heavy atom. The quantitative estimate of drug-likeness (QED) is 0.694. The molecule has 0 amide bonds. The van der Waals surface area contributed by atoms with Crippen molar-refractivity contribution in [1.29, 1.82) is 0 Å². The molecule has 124 valence electrons. The van der Waals surface area contributed by atoms with Crippen LogP contribution in [0.2, 0.25) is 0 Å². The fourth-order valence-corrected chi connectivity index (χ4v) is 3.77. The molecule has 1 N–H and O–H groups in total. The molecule has 2 aliphatic rings. The van der Waals surface area contributed by atoms with E-state index in [0.717, 1.165) is 32.0 Å². The zero-order valence-electron chi connectivity index (χ0n) is 14.3. The SMILES string of the molecule is CN=C(NCC1(c2ccccc2)CC1)N1CCc2ccccc2C1. The molecule has 1 aliphatic heterocycles. The first-order valence-corrected chi connectivity index (χ1v) is 8.89. The number of hydrogen-bond donors (Lipinski definition) is 1. The van der Waals surface area contributed by atoms with Gasteiger partial charge in [0.15, 0.2) is 5.96 Å². The van der Waals surface area contributed by atoms with Crippen LogP contribution in [0.4, 0.5) is 0 Å². The zero-order chi connectivity index (χ0) is 16.4. The molecule has 1 saturated carbocycles. The third-order valence-electron chi connectivity index (χ3n) is 5.47. The summed E-state index contributed by atoms with van der Waals surface area (Å²) in [6.07, 6.45) is 3.63. The van der Waals surface area contributed by atoms with Gasteiger partial charge in [0.05, 0.1) is 0 Å². The zero-order valence-corrected chi connectivity index (χ0v) is 14.3. The van der Waals surface area contributed by atoms with E-state index in [4.69, 9.17) is 0 Å². The van der Waals surface area contributed by atoms with Gasteiger partial charge in [0.25, 0.3) is 0 Å². The van der Waals surface area contributed by atoms with Gasteiger partial charge in [-0.1, -0.05) is 54.6 Å². The number of hydrogen-bond acceptors (Lipinski definition) is 1. The van der Waals surface area contributed by atoms with Crippen molar-refractivity contribution in [2.45, 2.75) is 31.2 Å². The van der Waals surface area contributed by atoms with Crippen molar-refractivity contribution in [1.82, 2.24) is 10.2 Å². The molecule has 1 fully saturated rings. The highest BCUT2D eigenvalue weighted by atomic mass is 15.3. The summed E-state index contributed by atoms with van der Waals surface area (Å²) in [6.45, 7) is 2.96. The van der Waals surface area contributed by atoms with Crippen LogP contribution in [0.1, 0.15) is 29.5 Å². The number of nitrogens with zero attached hydrogens (tertiary/aromatic N) is 2. The van der Waals surface area contributed by atoms with Crippen molar-refractivity contribution in [3.63, 3.8) is 0 Å². The molecular weight excluding hydrogens is 294 g/mol. The first-order valence-electron chi connectivity index (χ1n) is 8.89. The lowest BCUT2D eigenvalue weighted by atomic mass is 9.96. The summed E-state index contributed by atoms with van der Waals surface area (Å²) in [5.41, 5.74) is 4.67. The monoisotopic (exact) mass is 319 g/mol. The lowest BCUT2D eigenvalue weighted by Gasteiger charge is -2.32. The molecule has 4 rings (SSSR count). The maximum absolute atomic E-state index is 4.54. The molecule has 24 heavy (non-hydrogen) atoms. The molecule has 3 nitrogen and oxygen atoms in total. The summed E-state index contributed by atoms with van der Waals surface area (Å²) >= 11 is 0. The third-order valence-corrected chi connectivity index (χ3v) is 5.47. The minimum absolute atomic E-state index is 0.310. The predicted molar refractivity (Wildman–Crippen MR) is 99.3 cm³/mol. The van der Waals surface area contributed by atoms with Crippen LogP contribution < -0.4 is 5.32 Å². The van der Waals surface area contributed by atoms with E-state index in [-0.39, 0.29) is 0 Å². The molecule has 2 aromatic rings. The van der Waals surface area contributed by atoms with Crippen molar-refractivity contribution < 1.29 is 0 Å². The Hall–Kier alpha value is -2.29. The number of rotatable bonds is 3. The van der Waals surface area contributed by atoms with E-state index in [9.17, 15) is 0 Å². The van der Waals surface area contributed by atoms with Gasteiger partial charge in [-0.05, 0) is 36.0 Å². The first kappa shape index (κ1) is 15.3. The van der Waals surface area contributed by atoms with Crippen molar-refractivity contribution >= 4 is 5.96 Å². The van der Waals surface area contributed by atoms with Crippen LogP contribution in [0.25, 0.3) is 0 Å². The summed E-state index contributed by atoms with van der Waals surface area (Å²) in [7, 11) is 1.89. The van der Waals surface area contributed by atoms with Crippen LogP contribution in [0, 0.1) is 0 Å². The van der Waals surface area contributed by atoms with E-state index in [2.05, 4.69) is 69.8 Å². The number of aliphatic imine (C=N–C) groups is 1. The summed E-state index contributed by atoms with van der Waals surface area (Å²) < 4.78 is 0. The second-order valence-corrected chi connectivity index (χ2v) is 6.99. The molecule has 2 aromatic carbocycles. The van der Waals surface area contributed by atoms with E-state index < -0.39 is 0 Å². The van der Waals surface area contributed by atoms with Gasteiger partial charge in [0.1, 0.15) is 0 Å². The Morgan fingerprint density at radius 2 is 1.75 bits per heavy atom. The highest BCUT2D eigenvalue weighted by Crippen LogP contribution is 2.47. The Kier molecular flexibility index (Phi) is 4.01. The molecule has 1 heterocycles. The Balaban J connectivity index is 1.43. The van der Waals surface area contributed by atoms with Gasteiger partial charge in [-0.25, -0.2) is 0 Å². The fourth-order valence-electron chi connectivity index (χ4n) is 3.77. The van der Waals surface area contributed by atoms with Crippen molar-refractivity contribution in [3.05, 3.63) is 71.3 Å². The summed E-state index contributed by atoms with van der Waals surface area (Å²) in [5.74, 6) is 1.03. The van der Waals surface area contributed by atoms with Gasteiger partial charge in [-0.2, -0.15) is 0 Å². The van der Waals surface area contributed by atoms with Crippen molar-refractivity contribution in [2.75, 3.05) is 20.1 Å². The third kappa shape index (κ3) is 2.91. The first-order chi connectivity index (χ1) is 11.8. The van der Waals surface area contributed by atoms with Crippen LogP contribution in [0.5, 0.6) is 0 Å². The van der Waals surface area contributed by atoms with Crippen LogP contribution in [0.15, 0.2) is 59.6 Å². The predicted octanol–water partition coefficient (Wildman–Crippen LogP) is 3.35. The van der Waals surface area contributed by atoms with E-state index in [1.54, 1.807) is 0 Å². The van der Waals surface area contributed by atoms with E-state index in [0.29, 0.717) is 5.41 Å². The lowest BCUT2D eigenvalue weighted by Crippen LogP contribution is -2.46. The fraction of sp³-hybridized carbons (Fsp3) is 0.381. The normalized spacial score (nSPS) is 18.9. The van der Waals surface area contributed by atoms with Gasteiger partial charge in [-0.3, -0.25) is 4.99 Å². The molecular formula is C21H25N3. The highest BCUT2D eigenvalue weighted by Gasteiger charge is 2.44. The van der Waals surface area contributed by atoms with Crippen molar-refractivity contribution in [2.24, 2.45) is 4.99 Å².